The van der Waals surface area contributed by atoms with Gasteiger partial charge in [0.15, 0.2) is 0 Å². The molecular formula is C23H20ClFN4O2. The number of nitrogens with one attached hydrogen (secondary N) is 1. The maximum absolute atomic E-state index is 14.4. The molecule has 0 saturated carbocycles. The van der Waals surface area contributed by atoms with E-state index in [0.29, 0.717) is 5.69 Å². The molecule has 0 fully saturated rings. The van der Waals surface area contributed by atoms with Crippen LogP contribution in [0, 0.1) is 12.7 Å². The molecule has 0 spiro atoms. The first kappa shape index (κ1) is 19.8. The van der Waals surface area contributed by atoms with E-state index in [4.69, 9.17) is 21.1 Å². The summed E-state index contributed by atoms with van der Waals surface area (Å²) in [6.07, 6.45) is 4.46. The van der Waals surface area contributed by atoms with E-state index in [0.717, 1.165) is 42.7 Å². The Morgan fingerprint density at radius 3 is 2.94 bits per heavy atom. The van der Waals surface area contributed by atoms with Crippen molar-refractivity contribution in [3.63, 3.8) is 0 Å². The number of hydrogen-bond acceptors (Lipinski definition) is 4. The van der Waals surface area contributed by atoms with Gasteiger partial charge in [-0.3, -0.25) is 4.79 Å². The van der Waals surface area contributed by atoms with Crippen LogP contribution in [0.5, 0.6) is 0 Å². The first-order valence-corrected chi connectivity index (χ1v) is 10.6. The summed E-state index contributed by atoms with van der Waals surface area (Å²) in [6.45, 7) is 2.57. The van der Waals surface area contributed by atoms with Gasteiger partial charge in [0, 0.05) is 18.7 Å². The number of aromatic nitrogens is 3. The van der Waals surface area contributed by atoms with E-state index in [2.05, 4.69) is 15.0 Å². The van der Waals surface area contributed by atoms with Crippen LogP contribution in [-0.2, 0) is 13.0 Å². The second-order valence-electron chi connectivity index (χ2n) is 7.71. The van der Waals surface area contributed by atoms with Crippen LogP contribution in [-0.4, -0.2) is 20.6 Å². The van der Waals surface area contributed by atoms with Crippen molar-refractivity contribution in [2.75, 3.05) is 5.32 Å². The second-order valence-corrected chi connectivity index (χ2v) is 8.11. The Morgan fingerprint density at radius 2 is 2.10 bits per heavy atom. The van der Waals surface area contributed by atoms with Gasteiger partial charge in [0.05, 0.1) is 21.6 Å². The number of fused-ring (bicyclic) bond motifs is 3. The maximum Gasteiger partial charge on any atom is 0.261 e. The highest BCUT2D eigenvalue weighted by Gasteiger charge is 2.25. The lowest BCUT2D eigenvalue weighted by molar-refractivity contribution is 0.102. The molecule has 0 radical (unpaired) electrons. The number of hydrogen-bond donors (Lipinski definition) is 1. The highest BCUT2D eigenvalue weighted by atomic mass is 35.5. The molecule has 4 aromatic rings. The molecule has 0 saturated heterocycles. The molecule has 1 aliphatic heterocycles. The van der Waals surface area contributed by atoms with Gasteiger partial charge in [-0.25, -0.2) is 9.37 Å². The summed E-state index contributed by atoms with van der Waals surface area (Å²) in [4.78, 5) is 17.9. The van der Waals surface area contributed by atoms with E-state index in [1.54, 1.807) is 13.0 Å². The van der Waals surface area contributed by atoms with Gasteiger partial charge in [-0.2, -0.15) is 0 Å². The van der Waals surface area contributed by atoms with Crippen molar-refractivity contribution in [2.24, 2.45) is 0 Å². The Morgan fingerprint density at radius 1 is 1.23 bits per heavy atom. The van der Waals surface area contributed by atoms with Crippen LogP contribution in [0.1, 0.15) is 41.2 Å². The molecule has 6 nitrogen and oxygen atoms in total. The SMILES string of the molecule is Cc1onc(-c2c(F)cccc2Cl)c1C(=O)Nc1ccc2c(c1)nc1n2CCCCC1. The van der Waals surface area contributed by atoms with E-state index in [-0.39, 0.29) is 27.6 Å². The van der Waals surface area contributed by atoms with E-state index < -0.39 is 11.7 Å². The van der Waals surface area contributed by atoms with Crippen molar-refractivity contribution in [2.45, 2.75) is 39.2 Å². The normalized spacial score (nSPS) is 13.8. The van der Waals surface area contributed by atoms with Crippen LogP contribution in [0.15, 0.2) is 40.9 Å². The van der Waals surface area contributed by atoms with E-state index in [9.17, 15) is 9.18 Å². The van der Waals surface area contributed by atoms with Gasteiger partial charge < -0.3 is 14.4 Å². The Labute approximate surface area is 183 Å². The van der Waals surface area contributed by atoms with Gasteiger partial charge in [0.1, 0.15) is 28.7 Å². The number of carbonyl (C=O) groups is 1. The summed E-state index contributed by atoms with van der Waals surface area (Å²) in [6, 6.07) is 9.98. The predicted molar refractivity (Wildman–Crippen MR) is 117 cm³/mol. The fourth-order valence-corrected chi connectivity index (χ4v) is 4.41. The fraction of sp³-hybridized carbons (Fsp3) is 0.261. The van der Waals surface area contributed by atoms with Crippen molar-refractivity contribution in [3.05, 3.63) is 64.4 Å². The van der Waals surface area contributed by atoms with Crippen LogP contribution < -0.4 is 5.32 Å². The zero-order valence-corrected chi connectivity index (χ0v) is 17.7. The smallest absolute Gasteiger partial charge is 0.261 e. The number of aryl methyl sites for hydroxylation is 3. The molecule has 1 amide bonds. The van der Waals surface area contributed by atoms with Gasteiger partial charge in [0.25, 0.3) is 5.91 Å². The summed E-state index contributed by atoms with van der Waals surface area (Å²) >= 11 is 6.17. The number of anilines is 1. The Hall–Kier alpha value is -3.19. The number of imidazole rings is 1. The zero-order valence-electron chi connectivity index (χ0n) is 16.9. The Kier molecular flexibility index (Phi) is 4.98. The molecule has 0 atom stereocenters. The lowest BCUT2D eigenvalue weighted by atomic mass is 10.0. The quantitative estimate of drug-likeness (QED) is 0.440. The standard InChI is InChI=1S/C23H20ClFN4O2/c1-13-20(22(28-31-13)21-15(24)6-5-7-16(21)25)23(30)26-14-9-10-18-17(12-14)27-19-8-3-2-4-11-29(18)19/h5-7,9-10,12H,2-4,8,11H2,1H3,(H,26,30). The molecule has 0 aliphatic carbocycles. The molecule has 158 valence electrons. The van der Waals surface area contributed by atoms with Gasteiger partial charge in [-0.05, 0) is 50.1 Å². The van der Waals surface area contributed by atoms with Crippen LogP contribution in [0.4, 0.5) is 10.1 Å². The first-order valence-electron chi connectivity index (χ1n) is 10.2. The van der Waals surface area contributed by atoms with Crippen molar-refractivity contribution in [1.82, 2.24) is 14.7 Å². The summed E-state index contributed by atoms with van der Waals surface area (Å²) in [5, 5.41) is 6.92. The zero-order chi connectivity index (χ0) is 21.5. The number of carbonyl (C=O) groups excluding carboxylic acids is 1. The van der Waals surface area contributed by atoms with Crippen LogP contribution in [0.25, 0.3) is 22.3 Å². The van der Waals surface area contributed by atoms with Gasteiger partial charge in [-0.15, -0.1) is 0 Å². The second kappa shape index (κ2) is 7.81. The number of benzene rings is 2. The molecule has 3 heterocycles. The van der Waals surface area contributed by atoms with Crippen molar-refractivity contribution in [3.8, 4) is 11.3 Å². The predicted octanol–water partition coefficient (Wildman–Crippen LogP) is 5.77. The summed E-state index contributed by atoms with van der Waals surface area (Å²) in [7, 11) is 0. The maximum atomic E-state index is 14.4. The minimum atomic E-state index is -0.573. The number of nitrogens with zero attached hydrogens (tertiary/aromatic N) is 3. The average molecular weight is 439 g/mol. The van der Waals surface area contributed by atoms with E-state index in [1.165, 1.54) is 18.6 Å². The monoisotopic (exact) mass is 438 g/mol. The highest BCUT2D eigenvalue weighted by molar-refractivity contribution is 6.33. The molecule has 1 aliphatic rings. The van der Waals surface area contributed by atoms with Crippen molar-refractivity contribution < 1.29 is 13.7 Å². The molecule has 0 bridgehead atoms. The number of halogens is 2. The average Bonchev–Trinajstić information content (AvgIpc) is 3.18. The van der Waals surface area contributed by atoms with Gasteiger partial charge in [0.2, 0.25) is 0 Å². The van der Waals surface area contributed by atoms with Crippen molar-refractivity contribution in [1.29, 1.82) is 0 Å². The minimum Gasteiger partial charge on any atom is -0.360 e. The fourth-order valence-electron chi connectivity index (χ4n) is 4.16. The Balaban J connectivity index is 1.49. The Bertz CT molecular complexity index is 1290. The minimum absolute atomic E-state index is 0.0412. The molecular weight excluding hydrogens is 419 g/mol. The number of amides is 1. The third-order valence-corrected chi connectivity index (χ3v) is 5.97. The summed E-state index contributed by atoms with van der Waals surface area (Å²) < 4.78 is 21.9. The van der Waals surface area contributed by atoms with E-state index >= 15 is 0 Å². The third-order valence-electron chi connectivity index (χ3n) is 5.66. The summed E-state index contributed by atoms with van der Waals surface area (Å²) in [5.74, 6) is 0.341. The van der Waals surface area contributed by atoms with Crippen LogP contribution in [0.3, 0.4) is 0 Å². The van der Waals surface area contributed by atoms with Crippen LogP contribution in [0.2, 0.25) is 5.02 Å². The number of rotatable bonds is 3. The van der Waals surface area contributed by atoms with Gasteiger partial charge >= 0.3 is 0 Å². The lowest BCUT2D eigenvalue weighted by Gasteiger charge is -2.08. The topological polar surface area (TPSA) is 73.0 Å². The van der Waals surface area contributed by atoms with Crippen LogP contribution >= 0.6 is 11.6 Å². The largest absolute Gasteiger partial charge is 0.360 e. The molecule has 1 N–H and O–H groups in total. The van der Waals surface area contributed by atoms with E-state index in [1.807, 2.05) is 18.2 Å². The lowest BCUT2D eigenvalue weighted by Crippen LogP contribution is -2.13. The molecule has 0 unspecified atom stereocenters. The molecule has 2 aromatic heterocycles. The molecule has 2 aromatic carbocycles. The third kappa shape index (κ3) is 3.49. The highest BCUT2D eigenvalue weighted by Crippen LogP contribution is 2.34. The molecule has 8 heteroatoms. The first-order chi connectivity index (χ1) is 15.0. The summed E-state index contributed by atoms with van der Waals surface area (Å²) in [5.41, 5.74) is 2.76. The molecule has 31 heavy (non-hydrogen) atoms. The van der Waals surface area contributed by atoms with Gasteiger partial charge in [-0.1, -0.05) is 29.2 Å². The molecule has 5 rings (SSSR count). The van der Waals surface area contributed by atoms with Crippen molar-refractivity contribution >= 4 is 34.2 Å².